The van der Waals surface area contributed by atoms with E-state index in [0.717, 1.165) is 13.1 Å². The van der Waals surface area contributed by atoms with Crippen LogP contribution in [0.2, 0.25) is 0 Å². The zero-order chi connectivity index (χ0) is 10.7. The summed E-state index contributed by atoms with van der Waals surface area (Å²) in [6, 6.07) is 11.8. The number of nitrogens with one attached hydrogen (secondary N) is 1. The molecule has 82 valence electrons. The number of rotatable bonds is 2. The zero-order valence-corrected chi connectivity index (χ0v) is 9.61. The van der Waals surface area contributed by atoms with Gasteiger partial charge in [0.2, 0.25) is 0 Å². The lowest BCUT2D eigenvalue weighted by Gasteiger charge is -2.39. The van der Waals surface area contributed by atoms with Crippen LogP contribution in [0, 0.1) is 0 Å². The normalized spacial score (nSPS) is 27.9. The van der Waals surface area contributed by atoms with Crippen LogP contribution < -0.4 is 5.32 Å². The van der Waals surface area contributed by atoms with Gasteiger partial charge in [0.05, 0.1) is 0 Å². The summed E-state index contributed by atoms with van der Waals surface area (Å²) in [6.45, 7) is 7.96. The SMILES string of the molecule is CCN1CCNC(c2ccccc2)C1C. The van der Waals surface area contributed by atoms with Gasteiger partial charge in [-0.2, -0.15) is 0 Å². The number of likely N-dealkylation sites (N-methyl/N-ethyl adjacent to an activating group) is 1. The van der Waals surface area contributed by atoms with Crippen molar-refractivity contribution in [3.8, 4) is 0 Å². The highest BCUT2D eigenvalue weighted by atomic mass is 15.2. The van der Waals surface area contributed by atoms with Crippen molar-refractivity contribution < 1.29 is 0 Å². The van der Waals surface area contributed by atoms with E-state index in [9.17, 15) is 0 Å². The van der Waals surface area contributed by atoms with E-state index in [1.54, 1.807) is 0 Å². The van der Waals surface area contributed by atoms with Crippen LogP contribution in [0.3, 0.4) is 0 Å². The summed E-state index contributed by atoms with van der Waals surface area (Å²) in [4.78, 5) is 2.54. The average molecular weight is 204 g/mol. The fraction of sp³-hybridized carbons (Fsp3) is 0.538. The van der Waals surface area contributed by atoms with Gasteiger partial charge in [0, 0.05) is 25.2 Å². The van der Waals surface area contributed by atoms with Gasteiger partial charge in [-0.3, -0.25) is 4.90 Å². The fourth-order valence-electron chi connectivity index (χ4n) is 2.45. The number of benzene rings is 1. The molecule has 1 N–H and O–H groups in total. The molecule has 2 nitrogen and oxygen atoms in total. The van der Waals surface area contributed by atoms with Crippen molar-refractivity contribution in [1.29, 1.82) is 0 Å². The van der Waals surface area contributed by atoms with Crippen LogP contribution in [0.25, 0.3) is 0 Å². The summed E-state index contributed by atoms with van der Waals surface area (Å²) >= 11 is 0. The van der Waals surface area contributed by atoms with Crippen molar-refractivity contribution in [2.24, 2.45) is 0 Å². The van der Waals surface area contributed by atoms with Crippen molar-refractivity contribution in [2.75, 3.05) is 19.6 Å². The van der Waals surface area contributed by atoms with Crippen LogP contribution in [0.15, 0.2) is 30.3 Å². The Morgan fingerprint density at radius 3 is 2.73 bits per heavy atom. The highest BCUT2D eigenvalue weighted by Gasteiger charge is 2.27. The molecule has 1 heterocycles. The summed E-state index contributed by atoms with van der Waals surface area (Å²) in [5.41, 5.74) is 1.41. The first-order valence-electron chi connectivity index (χ1n) is 5.85. The van der Waals surface area contributed by atoms with Gasteiger partial charge in [0.25, 0.3) is 0 Å². The van der Waals surface area contributed by atoms with E-state index in [0.29, 0.717) is 12.1 Å². The van der Waals surface area contributed by atoms with Gasteiger partial charge in [0.1, 0.15) is 0 Å². The molecule has 1 aliphatic rings. The minimum atomic E-state index is 0.486. The Morgan fingerprint density at radius 2 is 2.07 bits per heavy atom. The van der Waals surface area contributed by atoms with Crippen LogP contribution in [0.5, 0.6) is 0 Å². The topological polar surface area (TPSA) is 15.3 Å². The molecule has 1 fully saturated rings. The Kier molecular flexibility index (Phi) is 3.39. The lowest BCUT2D eigenvalue weighted by molar-refractivity contribution is 0.138. The van der Waals surface area contributed by atoms with Gasteiger partial charge >= 0.3 is 0 Å². The fourth-order valence-corrected chi connectivity index (χ4v) is 2.45. The van der Waals surface area contributed by atoms with Crippen molar-refractivity contribution in [1.82, 2.24) is 10.2 Å². The highest BCUT2D eigenvalue weighted by molar-refractivity contribution is 5.21. The lowest BCUT2D eigenvalue weighted by Crippen LogP contribution is -2.51. The number of piperazine rings is 1. The molecule has 1 saturated heterocycles. The summed E-state index contributed by atoms with van der Waals surface area (Å²) in [5.74, 6) is 0. The van der Waals surface area contributed by atoms with Gasteiger partial charge in [-0.05, 0) is 19.0 Å². The standard InChI is InChI=1S/C13H20N2/c1-3-15-10-9-14-13(11(15)2)12-7-5-4-6-8-12/h4-8,11,13-14H,3,9-10H2,1-2H3. The molecule has 2 heteroatoms. The van der Waals surface area contributed by atoms with Crippen LogP contribution in [0.1, 0.15) is 25.5 Å². The molecule has 0 amide bonds. The van der Waals surface area contributed by atoms with Gasteiger partial charge in [-0.1, -0.05) is 37.3 Å². The van der Waals surface area contributed by atoms with Gasteiger partial charge in [-0.15, -0.1) is 0 Å². The largest absolute Gasteiger partial charge is 0.307 e. The molecule has 0 saturated carbocycles. The third kappa shape index (κ3) is 2.21. The molecule has 15 heavy (non-hydrogen) atoms. The molecule has 1 aromatic carbocycles. The Balaban J connectivity index is 2.15. The van der Waals surface area contributed by atoms with Crippen molar-refractivity contribution >= 4 is 0 Å². The predicted octanol–water partition coefficient (Wildman–Crippen LogP) is 2.04. The van der Waals surface area contributed by atoms with Gasteiger partial charge in [-0.25, -0.2) is 0 Å². The Bertz CT molecular complexity index is 297. The third-order valence-electron chi connectivity index (χ3n) is 3.39. The van der Waals surface area contributed by atoms with E-state index in [-0.39, 0.29) is 0 Å². The van der Waals surface area contributed by atoms with Gasteiger partial charge < -0.3 is 5.32 Å². The van der Waals surface area contributed by atoms with Crippen molar-refractivity contribution in [2.45, 2.75) is 25.9 Å². The maximum atomic E-state index is 3.61. The average Bonchev–Trinajstić information content (AvgIpc) is 2.30. The maximum absolute atomic E-state index is 3.61. The van der Waals surface area contributed by atoms with Crippen LogP contribution in [0.4, 0.5) is 0 Å². The van der Waals surface area contributed by atoms with Crippen LogP contribution in [-0.4, -0.2) is 30.6 Å². The first-order valence-corrected chi connectivity index (χ1v) is 5.85. The summed E-state index contributed by atoms with van der Waals surface area (Å²) < 4.78 is 0. The van der Waals surface area contributed by atoms with E-state index in [1.165, 1.54) is 12.1 Å². The molecule has 2 atom stereocenters. The molecule has 1 aliphatic heterocycles. The van der Waals surface area contributed by atoms with Gasteiger partial charge in [0.15, 0.2) is 0 Å². The molecule has 0 spiro atoms. The molecule has 0 radical (unpaired) electrons. The smallest absolute Gasteiger partial charge is 0.0475 e. The molecule has 2 rings (SSSR count). The quantitative estimate of drug-likeness (QED) is 0.793. The monoisotopic (exact) mass is 204 g/mol. The maximum Gasteiger partial charge on any atom is 0.0475 e. The predicted molar refractivity (Wildman–Crippen MR) is 63.9 cm³/mol. The van der Waals surface area contributed by atoms with E-state index in [4.69, 9.17) is 0 Å². The third-order valence-corrected chi connectivity index (χ3v) is 3.39. The Labute approximate surface area is 92.3 Å². The zero-order valence-electron chi connectivity index (χ0n) is 9.61. The van der Waals surface area contributed by atoms with Crippen molar-refractivity contribution in [3.63, 3.8) is 0 Å². The molecule has 0 aliphatic carbocycles. The van der Waals surface area contributed by atoms with E-state index >= 15 is 0 Å². The molecule has 1 aromatic rings. The van der Waals surface area contributed by atoms with E-state index in [2.05, 4.69) is 54.4 Å². The van der Waals surface area contributed by atoms with Crippen LogP contribution >= 0.6 is 0 Å². The molecular weight excluding hydrogens is 184 g/mol. The number of nitrogens with zero attached hydrogens (tertiary/aromatic N) is 1. The highest BCUT2D eigenvalue weighted by Crippen LogP contribution is 2.23. The minimum Gasteiger partial charge on any atom is -0.307 e. The summed E-state index contributed by atoms with van der Waals surface area (Å²) in [6.07, 6.45) is 0. The number of hydrogen-bond donors (Lipinski definition) is 1. The molecule has 0 bridgehead atoms. The lowest BCUT2D eigenvalue weighted by atomic mass is 9.97. The second kappa shape index (κ2) is 4.77. The molecule has 0 aromatic heterocycles. The first-order chi connectivity index (χ1) is 7.33. The minimum absolute atomic E-state index is 0.486. The molecular formula is C13H20N2. The van der Waals surface area contributed by atoms with E-state index in [1.807, 2.05) is 0 Å². The molecule has 2 unspecified atom stereocenters. The Hall–Kier alpha value is -0.860. The second-order valence-corrected chi connectivity index (χ2v) is 4.21. The van der Waals surface area contributed by atoms with Crippen LogP contribution in [-0.2, 0) is 0 Å². The summed E-state index contributed by atoms with van der Waals surface area (Å²) in [5, 5.41) is 3.61. The van der Waals surface area contributed by atoms with E-state index < -0.39 is 0 Å². The second-order valence-electron chi connectivity index (χ2n) is 4.21. The Morgan fingerprint density at radius 1 is 1.33 bits per heavy atom. The number of hydrogen-bond acceptors (Lipinski definition) is 2. The summed E-state index contributed by atoms with van der Waals surface area (Å²) in [7, 11) is 0. The van der Waals surface area contributed by atoms with Crippen molar-refractivity contribution in [3.05, 3.63) is 35.9 Å². The first kappa shape index (κ1) is 10.7.